The highest BCUT2D eigenvalue weighted by Crippen LogP contribution is 2.28. The fraction of sp³-hybridized carbons (Fsp3) is 0.667. The molecule has 0 bridgehead atoms. The number of benzene rings is 1. The molecular weight excluding hydrogens is 263 g/mol. The van der Waals surface area contributed by atoms with Gasteiger partial charge in [0, 0.05) is 6.54 Å². The molecule has 2 aliphatic heterocycles. The minimum atomic E-state index is -0.125. The molecule has 1 aromatic carbocycles. The van der Waals surface area contributed by atoms with Gasteiger partial charge in [0.05, 0.1) is 0 Å². The summed E-state index contributed by atoms with van der Waals surface area (Å²) in [7, 11) is 0. The van der Waals surface area contributed by atoms with Gasteiger partial charge < -0.3 is 10.2 Å². The molecule has 0 saturated carbocycles. The Morgan fingerprint density at radius 1 is 1.00 bits per heavy atom. The topological polar surface area (TPSA) is 15.3 Å². The normalized spacial score (nSPS) is 25.7. The Bertz CT molecular complexity index is 425. The molecule has 1 N–H and O–H groups in total. The van der Waals surface area contributed by atoms with Crippen LogP contribution in [0.25, 0.3) is 0 Å². The molecule has 2 saturated heterocycles. The van der Waals surface area contributed by atoms with Crippen molar-refractivity contribution < 1.29 is 4.39 Å². The van der Waals surface area contributed by atoms with Crippen molar-refractivity contribution >= 4 is 0 Å². The maximum Gasteiger partial charge on any atom is 0.123 e. The Labute approximate surface area is 127 Å². The van der Waals surface area contributed by atoms with Gasteiger partial charge in [0.2, 0.25) is 0 Å². The molecule has 21 heavy (non-hydrogen) atoms. The first-order valence-corrected chi connectivity index (χ1v) is 8.50. The van der Waals surface area contributed by atoms with E-state index in [1.165, 1.54) is 70.4 Å². The van der Waals surface area contributed by atoms with Gasteiger partial charge in [-0.3, -0.25) is 0 Å². The van der Waals surface area contributed by atoms with Gasteiger partial charge in [-0.2, -0.15) is 0 Å². The number of halogens is 1. The van der Waals surface area contributed by atoms with Gasteiger partial charge in [-0.1, -0.05) is 12.1 Å². The smallest absolute Gasteiger partial charge is 0.123 e. The van der Waals surface area contributed by atoms with Crippen LogP contribution in [-0.4, -0.2) is 37.6 Å². The Kier molecular flexibility index (Phi) is 5.26. The van der Waals surface area contributed by atoms with Crippen LogP contribution in [0.1, 0.15) is 43.6 Å². The minimum absolute atomic E-state index is 0.125. The molecule has 0 aromatic heterocycles. The molecule has 3 heteroatoms. The molecular formula is C18H27FN2. The summed E-state index contributed by atoms with van der Waals surface area (Å²) in [5.74, 6) is 1.37. The van der Waals surface area contributed by atoms with E-state index in [0.717, 1.165) is 5.92 Å². The standard InChI is InChI=1S/C18H27FN2/c19-18-5-3-17(4-6-18)16-2-1-12-21(13-9-16)14-15-7-10-20-11-8-15/h3-6,15-16,20H,1-2,7-14H2. The summed E-state index contributed by atoms with van der Waals surface area (Å²) in [5.41, 5.74) is 1.32. The maximum absolute atomic E-state index is 13.0. The fourth-order valence-corrected chi connectivity index (χ4v) is 3.84. The quantitative estimate of drug-likeness (QED) is 0.918. The summed E-state index contributed by atoms with van der Waals surface area (Å²) in [4.78, 5) is 2.67. The van der Waals surface area contributed by atoms with Crippen molar-refractivity contribution in [2.75, 3.05) is 32.7 Å². The van der Waals surface area contributed by atoms with Crippen LogP contribution >= 0.6 is 0 Å². The lowest BCUT2D eigenvalue weighted by atomic mass is 9.92. The third-order valence-electron chi connectivity index (χ3n) is 5.14. The van der Waals surface area contributed by atoms with Crippen molar-refractivity contribution in [1.82, 2.24) is 10.2 Å². The highest BCUT2D eigenvalue weighted by atomic mass is 19.1. The summed E-state index contributed by atoms with van der Waals surface area (Å²) in [6.45, 7) is 6.10. The van der Waals surface area contributed by atoms with Crippen LogP contribution in [0.3, 0.4) is 0 Å². The van der Waals surface area contributed by atoms with Crippen molar-refractivity contribution in [2.24, 2.45) is 5.92 Å². The van der Waals surface area contributed by atoms with Crippen LogP contribution < -0.4 is 5.32 Å². The van der Waals surface area contributed by atoms with E-state index in [1.807, 2.05) is 12.1 Å². The molecule has 0 amide bonds. The molecule has 0 spiro atoms. The Morgan fingerprint density at radius 3 is 2.52 bits per heavy atom. The number of nitrogens with zero attached hydrogens (tertiary/aromatic N) is 1. The first-order chi connectivity index (χ1) is 10.3. The van der Waals surface area contributed by atoms with Crippen molar-refractivity contribution in [3.05, 3.63) is 35.6 Å². The second-order valence-corrected chi connectivity index (χ2v) is 6.67. The first kappa shape index (κ1) is 15.0. The highest BCUT2D eigenvalue weighted by molar-refractivity contribution is 5.20. The molecule has 1 aromatic rings. The first-order valence-electron chi connectivity index (χ1n) is 8.50. The van der Waals surface area contributed by atoms with Crippen molar-refractivity contribution in [1.29, 1.82) is 0 Å². The molecule has 3 rings (SSSR count). The third-order valence-corrected chi connectivity index (χ3v) is 5.14. The second-order valence-electron chi connectivity index (χ2n) is 6.67. The third kappa shape index (κ3) is 4.27. The lowest BCUT2D eigenvalue weighted by molar-refractivity contribution is 0.211. The van der Waals surface area contributed by atoms with Crippen molar-refractivity contribution in [3.8, 4) is 0 Å². The van der Waals surface area contributed by atoms with Crippen molar-refractivity contribution in [3.63, 3.8) is 0 Å². The monoisotopic (exact) mass is 290 g/mol. The predicted octanol–water partition coefficient (Wildman–Crippen LogP) is 3.39. The molecule has 2 heterocycles. The number of piperidine rings is 1. The minimum Gasteiger partial charge on any atom is -0.317 e. The van der Waals surface area contributed by atoms with Crippen LogP contribution in [0.15, 0.2) is 24.3 Å². The fourth-order valence-electron chi connectivity index (χ4n) is 3.84. The Balaban J connectivity index is 1.52. The zero-order chi connectivity index (χ0) is 14.5. The highest BCUT2D eigenvalue weighted by Gasteiger charge is 2.21. The summed E-state index contributed by atoms with van der Waals surface area (Å²) in [6, 6.07) is 7.16. The molecule has 0 radical (unpaired) electrons. The van der Waals surface area contributed by atoms with E-state index >= 15 is 0 Å². The van der Waals surface area contributed by atoms with E-state index in [0.29, 0.717) is 5.92 Å². The Hall–Kier alpha value is -0.930. The van der Waals surface area contributed by atoms with Crippen LogP contribution in [0.2, 0.25) is 0 Å². The summed E-state index contributed by atoms with van der Waals surface area (Å²) in [5, 5.41) is 3.45. The number of likely N-dealkylation sites (tertiary alicyclic amines) is 1. The van der Waals surface area contributed by atoms with E-state index in [1.54, 1.807) is 12.1 Å². The van der Waals surface area contributed by atoms with E-state index in [-0.39, 0.29) is 5.82 Å². The van der Waals surface area contributed by atoms with E-state index in [2.05, 4.69) is 10.2 Å². The lowest BCUT2D eigenvalue weighted by Gasteiger charge is -2.29. The summed E-state index contributed by atoms with van der Waals surface area (Å²) < 4.78 is 13.0. The molecule has 0 aliphatic carbocycles. The number of nitrogens with one attached hydrogen (secondary N) is 1. The molecule has 2 aliphatic rings. The van der Waals surface area contributed by atoms with Gasteiger partial charge >= 0.3 is 0 Å². The van der Waals surface area contributed by atoms with Gasteiger partial charge in [0.25, 0.3) is 0 Å². The average molecular weight is 290 g/mol. The van der Waals surface area contributed by atoms with Gasteiger partial charge in [-0.25, -0.2) is 4.39 Å². The maximum atomic E-state index is 13.0. The molecule has 2 fully saturated rings. The number of hydrogen-bond acceptors (Lipinski definition) is 2. The van der Waals surface area contributed by atoms with E-state index in [9.17, 15) is 4.39 Å². The van der Waals surface area contributed by atoms with Crippen LogP contribution in [0.5, 0.6) is 0 Å². The van der Waals surface area contributed by atoms with E-state index in [4.69, 9.17) is 0 Å². The molecule has 2 nitrogen and oxygen atoms in total. The van der Waals surface area contributed by atoms with Gasteiger partial charge in [0.15, 0.2) is 0 Å². The van der Waals surface area contributed by atoms with E-state index < -0.39 is 0 Å². The number of hydrogen-bond donors (Lipinski definition) is 1. The van der Waals surface area contributed by atoms with Gasteiger partial charge in [-0.05, 0) is 87.8 Å². The molecule has 1 atom stereocenters. The SMILES string of the molecule is Fc1ccc(C2CCCN(CC3CCNCC3)CC2)cc1. The summed E-state index contributed by atoms with van der Waals surface area (Å²) >= 11 is 0. The largest absolute Gasteiger partial charge is 0.317 e. The Morgan fingerprint density at radius 2 is 1.76 bits per heavy atom. The zero-order valence-corrected chi connectivity index (χ0v) is 12.9. The van der Waals surface area contributed by atoms with Crippen LogP contribution in [0.4, 0.5) is 4.39 Å². The lowest BCUT2D eigenvalue weighted by Crippen LogP contribution is -2.36. The average Bonchev–Trinajstić information content (AvgIpc) is 2.75. The zero-order valence-electron chi connectivity index (χ0n) is 12.9. The second kappa shape index (κ2) is 7.37. The van der Waals surface area contributed by atoms with Crippen LogP contribution in [0, 0.1) is 11.7 Å². The molecule has 1 unspecified atom stereocenters. The summed E-state index contributed by atoms with van der Waals surface area (Å²) in [6.07, 6.45) is 6.40. The van der Waals surface area contributed by atoms with Crippen molar-refractivity contribution in [2.45, 2.75) is 38.0 Å². The predicted molar refractivity (Wildman–Crippen MR) is 85.0 cm³/mol. The number of rotatable bonds is 3. The molecule has 116 valence electrons. The van der Waals surface area contributed by atoms with Crippen LogP contribution in [-0.2, 0) is 0 Å². The van der Waals surface area contributed by atoms with Gasteiger partial charge in [0.1, 0.15) is 5.82 Å². The van der Waals surface area contributed by atoms with Gasteiger partial charge in [-0.15, -0.1) is 0 Å².